The van der Waals surface area contributed by atoms with Crippen LogP contribution in [0.4, 0.5) is 0 Å². The summed E-state index contributed by atoms with van der Waals surface area (Å²) in [7, 11) is -3.08. The number of rotatable bonds is 7. The van der Waals surface area contributed by atoms with Gasteiger partial charge >= 0.3 is 0 Å². The van der Waals surface area contributed by atoms with Crippen LogP contribution in [-0.4, -0.2) is 49.4 Å². The van der Waals surface area contributed by atoms with Gasteiger partial charge in [-0.1, -0.05) is 54.6 Å². The number of hydrogen-bond donors (Lipinski definition) is 1. The Morgan fingerprint density at radius 2 is 1.62 bits per heavy atom. The number of hydrogen-bond acceptors (Lipinski definition) is 4. The minimum atomic E-state index is -3.08. The van der Waals surface area contributed by atoms with Crippen LogP contribution in [0.1, 0.15) is 37.5 Å². The Morgan fingerprint density at radius 1 is 1.03 bits per heavy atom. The Morgan fingerprint density at radius 3 is 2.22 bits per heavy atom. The second-order valence-electron chi connectivity index (χ2n) is 8.47. The molecule has 1 aliphatic heterocycles. The van der Waals surface area contributed by atoms with Crippen molar-refractivity contribution in [2.24, 2.45) is 4.99 Å². The lowest BCUT2D eigenvalue weighted by molar-refractivity contribution is 0.107. The first-order valence-electron chi connectivity index (χ1n) is 10.8. The normalized spacial score (nSPS) is 17.5. The molecule has 2 aromatic carbocycles. The van der Waals surface area contributed by atoms with Crippen molar-refractivity contribution in [2.75, 3.05) is 25.4 Å². The molecular formula is C24H34IN3O3S. The van der Waals surface area contributed by atoms with Crippen molar-refractivity contribution in [1.82, 2.24) is 10.2 Å². The molecule has 0 spiro atoms. The summed E-state index contributed by atoms with van der Waals surface area (Å²) >= 11 is 0. The first-order chi connectivity index (χ1) is 14.8. The van der Waals surface area contributed by atoms with E-state index in [1.54, 1.807) is 13.8 Å². The van der Waals surface area contributed by atoms with Gasteiger partial charge in [-0.05, 0) is 37.5 Å². The highest BCUT2D eigenvalue weighted by molar-refractivity contribution is 14.0. The van der Waals surface area contributed by atoms with Gasteiger partial charge in [-0.25, -0.2) is 13.4 Å². The summed E-state index contributed by atoms with van der Waals surface area (Å²) in [5.41, 5.74) is 3.39. The van der Waals surface area contributed by atoms with Crippen molar-refractivity contribution in [1.29, 1.82) is 0 Å². The highest BCUT2D eigenvalue weighted by Gasteiger charge is 2.40. The summed E-state index contributed by atoms with van der Waals surface area (Å²) in [4.78, 5) is 6.81. The monoisotopic (exact) mass is 571 g/mol. The molecule has 0 amide bonds. The number of nitrogens with zero attached hydrogens (tertiary/aromatic N) is 2. The molecule has 3 rings (SSSR count). The maximum atomic E-state index is 12.3. The highest BCUT2D eigenvalue weighted by atomic mass is 127. The van der Waals surface area contributed by atoms with Crippen LogP contribution in [0.2, 0.25) is 0 Å². The molecule has 0 saturated carbocycles. The van der Waals surface area contributed by atoms with Crippen LogP contribution in [0.3, 0.4) is 0 Å². The molecule has 0 aromatic heterocycles. The minimum absolute atomic E-state index is 0. The van der Waals surface area contributed by atoms with Gasteiger partial charge in [-0.2, -0.15) is 0 Å². The van der Waals surface area contributed by atoms with Gasteiger partial charge < -0.3 is 15.0 Å². The van der Waals surface area contributed by atoms with Crippen molar-refractivity contribution >= 4 is 39.8 Å². The van der Waals surface area contributed by atoms with Gasteiger partial charge in [0.05, 0.1) is 30.3 Å². The summed E-state index contributed by atoms with van der Waals surface area (Å²) in [5.74, 6) is 0.919. The van der Waals surface area contributed by atoms with Crippen molar-refractivity contribution in [3.8, 4) is 0 Å². The van der Waals surface area contributed by atoms with E-state index >= 15 is 0 Å². The third-order valence-corrected chi connectivity index (χ3v) is 8.03. The molecule has 176 valence electrons. The van der Waals surface area contributed by atoms with E-state index in [4.69, 9.17) is 9.73 Å². The van der Waals surface area contributed by atoms with Gasteiger partial charge in [0.15, 0.2) is 15.8 Å². The molecule has 1 saturated heterocycles. The maximum absolute atomic E-state index is 12.3. The van der Waals surface area contributed by atoms with E-state index in [0.717, 1.165) is 29.2 Å². The van der Waals surface area contributed by atoms with Crippen LogP contribution in [-0.2, 0) is 34.3 Å². The third-order valence-electron chi connectivity index (χ3n) is 5.49. The fourth-order valence-electron chi connectivity index (χ4n) is 3.52. The van der Waals surface area contributed by atoms with E-state index in [0.29, 0.717) is 32.8 Å². The summed E-state index contributed by atoms with van der Waals surface area (Å²) < 4.78 is 29.6. The number of guanidine groups is 1. The Kier molecular flexibility index (Phi) is 9.97. The van der Waals surface area contributed by atoms with Gasteiger partial charge in [0.1, 0.15) is 0 Å². The zero-order valence-electron chi connectivity index (χ0n) is 19.1. The van der Waals surface area contributed by atoms with Crippen molar-refractivity contribution in [3.63, 3.8) is 0 Å². The van der Waals surface area contributed by atoms with Gasteiger partial charge in [0, 0.05) is 19.6 Å². The molecule has 1 aliphatic rings. The number of ether oxygens (including phenoxy) is 1. The Hall–Kier alpha value is -1.65. The lowest BCUT2D eigenvalue weighted by Crippen LogP contribution is -2.57. The second-order valence-corrected chi connectivity index (χ2v) is 11.2. The molecule has 1 fully saturated rings. The predicted octanol–water partition coefficient (Wildman–Crippen LogP) is 4.00. The maximum Gasteiger partial charge on any atom is 0.194 e. The number of halogens is 1. The molecular weight excluding hydrogens is 537 g/mol. The number of benzene rings is 2. The third kappa shape index (κ3) is 7.18. The molecule has 0 aliphatic carbocycles. The lowest BCUT2D eigenvalue weighted by atomic mass is 10.1. The van der Waals surface area contributed by atoms with E-state index in [1.807, 2.05) is 25.1 Å². The summed E-state index contributed by atoms with van der Waals surface area (Å²) in [6.07, 6.45) is 0. The number of aliphatic imine (C=N–C) groups is 1. The van der Waals surface area contributed by atoms with Crippen LogP contribution in [0.15, 0.2) is 59.6 Å². The van der Waals surface area contributed by atoms with E-state index in [1.165, 1.54) is 0 Å². The summed E-state index contributed by atoms with van der Waals surface area (Å²) in [6, 6.07) is 18.4. The minimum Gasteiger partial charge on any atom is -0.372 e. The van der Waals surface area contributed by atoms with Gasteiger partial charge in [-0.3, -0.25) is 0 Å². The average Bonchev–Trinajstić information content (AvgIpc) is 2.75. The Bertz CT molecular complexity index is 977. The molecule has 2 aromatic rings. The van der Waals surface area contributed by atoms with Crippen LogP contribution in [0.5, 0.6) is 0 Å². The quantitative estimate of drug-likeness (QED) is 0.309. The second kappa shape index (κ2) is 12.0. The Labute approximate surface area is 209 Å². The van der Waals surface area contributed by atoms with E-state index in [-0.39, 0.29) is 29.7 Å². The highest BCUT2D eigenvalue weighted by Crippen LogP contribution is 2.23. The fourth-order valence-corrected chi connectivity index (χ4v) is 4.88. The zero-order chi connectivity index (χ0) is 22.3. The standard InChI is InChI=1S/C24H33N3O3S.HI/c1-4-25-23(27-14-15-31(28,29)24(2,3)19-27)26-16-20-10-12-22(13-11-20)18-30-17-21-8-6-5-7-9-21;/h5-13H,4,14-19H2,1-3H3,(H,25,26);1H. The van der Waals surface area contributed by atoms with Crippen molar-refractivity contribution < 1.29 is 13.2 Å². The van der Waals surface area contributed by atoms with Crippen LogP contribution < -0.4 is 5.32 Å². The zero-order valence-corrected chi connectivity index (χ0v) is 22.2. The lowest BCUT2D eigenvalue weighted by Gasteiger charge is -2.39. The molecule has 0 unspecified atom stereocenters. The molecule has 0 atom stereocenters. The van der Waals surface area contributed by atoms with Crippen LogP contribution in [0, 0.1) is 0 Å². The molecule has 0 bridgehead atoms. The fraction of sp³-hybridized carbons (Fsp3) is 0.458. The molecule has 32 heavy (non-hydrogen) atoms. The molecule has 0 radical (unpaired) electrons. The first-order valence-corrected chi connectivity index (χ1v) is 12.4. The van der Waals surface area contributed by atoms with E-state index in [2.05, 4.69) is 46.6 Å². The van der Waals surface area contributed by atoms with E-state index < -0.39 is 14.6 Å². The average molecular weight is 572 g/mol. The molecule has 1 heterocycles. The van der Waals surface area contributed by atoms with Gasteiger partial charge in [0.2, 0.25) is 0 Å². The number of nitrogens with one attached hydrogen (secondary N) is 1. The topological polar surface area (TPSA) is 71.0 Å². The van der Waals surface area contributed by atoms with Crippen LogP contribution in [0.25, 0.3) is 0 Å². The molecule has 1 N–H and O–H groups in total. The van der Waals surface area contributed by atoms with Crippen molar-refractivity contribution in [3.05, 3.63) is 71.3 Å². The van der Waals surface area contributed by atoms with E-state index in [9.17, 15) is 8.42 Å². The van der Waals surface area contributed by atoms with Gasteiger partial charge in [0.25, 0.3) is 0 Å². The largest absolute Gasteiger partial charge is 0.372 e. The van der Waals surface area contributed by atoms with Crippen molar-refractivity contribution in [2.45, 2.75) is 45.3 Å². The first kappa shape index (κ1) is 26.6. The Balaban J connectivity index is 0.00000363. The van der Waals surface area contributed by atoms with Gasteiger partial charge in [-0.15, -0.1) is 24.0 Å². The molecule has 6 nitrogen and oxygen atoms in total. The predicted molar refractivity (Wildman–Crippen MR) is 141 cm³/mol. The van der Waals surface area contributed by atoms with Crippen LogP contribution >= 0.6 is 24.0 Å². The number of sulfone groups is 1. The molecule has 8 heteroatoms. The summed E-state index contributed by atoms with van der Waals surface area (Å²) in [5, 5.41) is 3.30. The summed E-state index contributed by atoms with van der Waals surface area (Å²) in [6.45, 7) is 8.95. The smallest absolute Gasteiger partial charge is 0.194 e. The SMILES string of the molecule is CCNC(=NCc1ccc(COCc2ccccc2)cc1)N1CCS(=O)(=O)C(C)(C)C1.I.